The zero-order valence-corrected chi connectivity index (χ0v) is 6.60. The smallest absolute Gasteiger partial charge is 0.254 e. The summed E-state index contributed by atoms with van der Waals surface area (Å²) in [5.41, 5.74) is 0.538. The number of nitrogens with one attached hydrogen (secondary N) is 1. The molecule has 1 heterocycles. The van der Waals surface area contributed by atoms with Gasteiger partial charge in [-0.05, 0) is 11.6 Å². The number of halogens is 1. The highest BCUT2D eigenvalue weighted by Crippen LogP contribution is 2.21. The van der Waals surface area contributed by atoms with Crippen LogP contribution in [-0.2, 0) is 6.54 Å². The van der Waals surface area contributed by atoms with Crippen LogP contribution in [-0.4, -0.2) is 5.91 Å². The molecule has 0 saturated heterocycles. The summed E-state index contributed by atoms with van der Waals surface area (Å²) in [6.07, 6.45) is 0. The van der Waals surface area contributed by atoms with Crippen LogP contribution in [0, 0.1) is 17.1 Å². The Labute approximate surface area is 73.8 Å². The van der Waals surface area contributed by atoms with Crippen molar-refractivity contribution in [2.24, 2.45) is 0 Å². The quantitative estimate of drug-likeness (QED) is 0.639. The van der Waals surface area contributed by atoms with Gasteiger partial charge in [0.15, 0.2) is 5.82 Å². The van der Waals surface area contributed by atoms with E-state index in [0.29, 0.717) is 12.1 Å². The Kier molecular flexibility index (Phi) is 1.52. The predicted molar refractivity (Wildman–Crippen MR) is 42.3 cm³/mol. The maximum Gasteiger partial charge on any atom is 0.254 e. The molecule has 1 aromatic carbocycles. The molecule has 0 radical (unpaired) electrons. The summed E-state index contributed by atoms with van der Waals surface area (Å²) in [5, 5.41) is 11.0. The van der Waals surface area contributed by atoms with Crippen LogP contribution in [0.25, 0.3) is 0 Å². The normalized spacial score (nSPS) is 13.4. The van der Waals surface area contributed by atoms with Gasteiger partial charge in [0.1, 0.15) is 6.07 Å². The van der Waals surface area contributed by atoms with Crippen molar-refractivity contribution in [1.29, 1.82) is 5.26 Å². The monoisotopic (exact) mass is 176 g/mol. The Morgan fingerprint density at radius 2 is 2.31 bits per heavy atom. The molecule has 1 aliphatic heterocycles. The first-order valence-electron chi connectivity index (χ1n) is 3.73. The van der Waals surface area contributed by atoms with Gasteiger partial charge in [-0.25, -0.2) is 4.39 Å². The molecule has 0 saturated carbocycles. The lowest BCUT2D eigenvalue weighted by Gasteiger charge is -1.98. The van der Waals surface area contributed by atoms with Gasteiger partial charge in [-0.3, -0.25) is 4.79 Å². The van der Waals surface area contributed by atoms with E-state index in [2.05, 4.69) is 5.32 Å². The van der Waals surface area contributed by atoms with Crippen molar-refractivity contribution in [3.05, 3.63) is 34.6 Å². The molecular weight excluding hydrogens is 171 g/mol. The summed E-state index contributed by atoms with van der Waals surface area (Å²) in [4.78, 5) is 11.1. The number of hydrogen-bond acceptors (Lipinski definition) is 2. The van der Waals surface area contributed by atoms with E-state index in [1.165, 1.54) is 6.07 Å². The van der Waals surface area contributed by atoms with Crippen molar-refractivity contribution in [2.45, 2.75) is 6.54 Å². The highest BCUT2D eigenvalue weighted by Gasteiger charge is 2.24. The molecule has 0 aliphatic carbocycles. The van der Waals surface area contributed by atoms with E-state index in [1.807, 2.05) is 0 Å². The first kappa shape index (κ1) is 7.74. The van der Waals surface area contributed by atoms with Crippen molar-refractivity contribution in [2.75, 3.05) is 0 Å². The van der Waals surface area contributed by atoms with Gasteiger partial charge in [-0.1, -0.05) is 6.07 Å². The number of amides is 1. The van der Waals surface area contributed by atoms with E-state index in [9.17, 15) is 9.18 Å². The minimum atomic E-state index is -0.713. The Morgan fingerprint density at radius 3 is 3.00 bits per heavy atom. The molecule has 0 aromatic heterocycles. The number of hydrogen-bond donors (Lipinski definition) is 1. The average Bonchev–Trinajstić information content (AvgIpc) is 2.49. The van der Waals surface area contributed by atoms with Crippen molar-refractivity contribution in [3.8, 4) is 6.07 Å². The fourth-order valence-electron chi connectivity index (χ4n) is 1.36. The maximum absolute atomic E-state index is 13.3. The zero-order chi connectivity index (χ0) is 9.42. The van der Waals surface area contributed by atoms with Crippen LogP contribution >= 0.6 is 0 Å². The number of carbonyl (C=O) groups excluding carboxylic acids is 1. The van der Waals surface area contributed by atoms with E-state index in [0.717, 1.165) is 0 Å². The molecule has 1 aromatic rings. The molecule has 2 rings (SSSR count). The number of rotatable bonds is 0. The van der Waals surface area contributed by atoms with Crippen LogP contribution in [0.4, 0.5) is 4.39 Å². The summed E-state index contributed by atoms with van der Waals surface area (Å²) in [6, 6.07) is 4.67. The van der Waals surface area contributed by atoms with Crippen LogP contribution < -0.4 is 5.32 Å². The van der Waals surface area contributed by atoms with Gasteiger partial charge in [0.25, 0.3) is 5.91 Å². The molecule has 3 nitrogen and oxygen atoms in total. The van der Waals surface area contributed by atoms with E-state index in [-0.39, 0.29) is 11.1 Å². The lowest BCUT2D eigenvalue weighted by molar-refractivity contribution is 0.0962. The van der Waals surface area contributed by atoms with Crippen LogP contribution in [0.5, 0.6) is 0 Å². The van der Waals surface area contributed by atoms with Gasteiger partial charge in [0, 0.05) is 6.54 Å². The Bertz CT molecular complexity index is 434. The number of nitriles is 1. The summed E-state index contributed by atoms with van der Waals surface area (Å²) >= 11 is 0. The molecule has 0 unspecified atom stereocenters. The van der Waals surface area contributed by atoms with E-state index in [4.69, 9.17) is 5.26 Å². The number of fused-ring (bicyclic) bond motifs is 1. The molecule has 0 spiro atoms. The molecule has 64 valence electrons. The van der Waals surface area contributed by atoms with Crippen LogP contribution in [0.1, 0.15) is 21.5 Å². The van der Waals surface area contributed by atoms with Gasteiger partial charge in [-0.15, -0.1) is 0 Å². The Morgan fingerprint density at radius 1 is 1.54 bits per heavy atom. The third-order valence-electron chi connectivity index (χ3n) is 2.02. The molecule has 13 heavy (non-hydrogen) atoms. The molecule has 1 amide bonds. The second-order valence-electron chi connectivity index (χ2n) is 2.76. The van der Waals surface area contributed by atoms with E-state index >= 15 is 0 Å². The molecular formula is C9H5FN2O. The molecule has 4 heteroatoms. The average molecular weight is 176 g/mol. The lowest BCUT2D eigenvalue weighted by Crippen LogP contribution is -2.13. The molecule has 1 N–H and O–H groups in total. The van der Waals surface area contributed by atoms with Gasteiger partial charge < -0.3 is 5.32 Å². The van der Waals surface area contributed by atoms with Crippen molar-refractivity contribution in [1.82, 2.24) is 5.32 Å². The molecule has 0 atom stereocenters. The minimum Gasteiger partial charge on any atom is -0.348 e. The standard InChI is InChI=1S/C9H5FN2O/c10-8-5(3-11)1-2-6-4-12-9(13)7(6)8/h1-2H,4H2,(H,12,13). The predicted octanol–water partition coefficient (Wildman–Crippen LogP) is 0.941. The maximum atomic E-state index is 13.3. The summed E-state index contributed by atoms with van der Waals surface area (Å²) < 4.78 is 13.3. The Hall–Kier alpha value is -1.89. The van der Waals surface area contributed by atoms with Gasteiger partial charge >= 0.3 is 0 Å². The zero-order valence-electron chi connectivity index (χ0n) is 6.60. The molecule has 0 fully saturated rings. The summed E-state index contributed by atoms with van der Waals surface area (Å²) in [7, 11) is 0. The SMILES string of the molecule is N#Cc1ccc2c(c1F)C(=O)NC2. The number of nitrogens with zero attached hydrogens (tertiary/aromatic N) is 1. The van der Waals surface area contributed by atoms with Crippen LogP contribution in [0.15, 0.2) is 12.1 Å². The highest BCUT2D eigenvalue weighted by atomic mass is 19.1. The minimum absolute atomic E-state index is 0.0130. The van der Waals surface area contributed by atoms with E-state index < -0.39 is 11.7 Å². The third kappa shape index (κ3) is 0.975. The second kappa shape index (κ2) is 2.56. The molecule has 0 bridgehead atoms. The Balaban J connectivity index is 2.71. The topological polar surface area (TPSA) is 52.9 Å². The largest absolute Gasteiger partial charge is 0.348 e. The number of carbonyl (C=O) groups is 1. The van der Waals surface area contributed by atoms with Crippen LogP contribution in [0.3, 0.4) is 0 Å². The summed E-state index contributed by atoms with van der Waals surface area (Å²) in [6.45, 7) is 0.344. The lowest BCUT2D eigenvalue weighted by atomic mass is 10.1. The van der Waals surface area contributed by atoms with Crippen LogP contribution in [0.2, 0.25) is 0 Å². The fraction of sp³-hybridized carbons (Fsp3) is 0.111. The highest BCUT2D eigenvalue weighted by molar-refractivity contribution is 5.98. The molecule has 1 aliphatic rings. The summed E-state index contributed by atoms with van der Waals surface area (Å²) in [5.74, 6) is -1.15. The van der Waals surface area contributed by atoms with Gasteiger partial charge in [0.05, 0.1) is 11.1 Å². The van der Waals surface area contributed by atoms with Gasteiger partial charge in [-0.2, -0.15) is 5.26 Å². The van der Waals surface area contributed by atoms with Gasteiger partial charge in [0.2, 0.25) is 0 Å². The third-order valence-corrected chi connectivity index (χ3v) is 2.02. The number of benzene rings is 1. The second-order valence-corrected chi connectivity index (χ2v) is 2.76. The van der Waals surface area contributed by atoms with E-state index in [1.54, 1.807) is 12.1 Å². The first-order chi connectivity index (χ1) is 6.24. The fourth-order valence-corrected chi connectivity index (χ4v) is 1.36. The van der Waals surface area contributed by atoms with Crippen molar-refractivity contribution >= 4 is 5.91 Å². The van der Waals surface area contributed by atoms with Crippen molar-refractivity contribution in [3.63, 3.8) is 0 Å². The first-order valence-corrected chi connectivity index (χ1v) is 3.73. The van der Waals surface area contributed by atoms with Crippen molar-refractivity contribution < 1.29 is 9.18 Å².